The predicted molar refractivity (Wildman–Crippen MR) is 110 cm³/mol. The first-order chi connectivity index (χ1) is 13.3. The first-order valence-corrected chi connectivity index (χ1v) is 11.3. The molecule has 0 radical (unpaired) electrons. The zero-order chi connectivity index (χ0) is 19.9. The van der Waals surface area contributed by atoms with Gasteiger partial charge in [0.15, 0.2) is 0 Å². The quantitative estimate of drug-likeness (QED) is 0.795. The van der Waals surface area contributed by atoms with Crippen molar-refractivity contribution in [1.82, 2.24) is 5.32 Å². The van der Waals surface area contributed by atoms with Crippen molar-refractivity contribution in [3.63, 3.8) is 0 Å². The van der Waals surface area contributed by atoms with Gasteiger partial charge in [-0.3, -0.25) is 9.10 Å². The number of fused-ring (bicyclic) bond motifs is 2. The van der Waals surface area contributed by atoms with E-state index in [0.29, 0.717) is 22.2 Å². The fourth-order valence-corrected chi connectivity index (χ4v) is 5.72. The van der Waals surface area contributed by atoms with Crippen LogP contribution in [-0.2, 0) is 10.0 Å². The highest BCUT2D eigenvalue weighted by atomic mass is 35.5. The summed E-state index contributed by atoms with van der Waals surface area (Å²) in [5, 5.41) is 3.63. The summed E-state index contributed by atoms with van der Waals surface area (Å²) in [5.74, 6) is 1.29. The third kappa shape index (κ3) is 3.63. The van der Waals surface area contributed by atoms with Crippen molar-refractivity contribution in [3.05, 3.63) is 59.1 Å². The van der Waals surface area contributed by atoms with Gasteiger partial charge in [0.2, 0.25) is 0 Å². The van der Waals surface area contributed by atoms with Gasteiger partial charge in [-0.25, -0.2) is 8.42 Å². The SMILES string of the molecule is CN(c1ccc(C(=O)N[C@@H]2C[C@H]3CC[C@H]2C3)cc1)S(=O)(=O)c1ccc(Cl)cc1. The van der Waals surface area contributed by atoms with Gasteiger partial charge in [-0.1, -0.05) is 18.0 Å². The zero-order valence-electron chi connectivity index (χ0n) is 15.6. The van der Waals surface area contributed by atoms with Crippen molar-refractivity contribution in [3.8, 4) is 0 Å². The lowest BCUT2D eigenvalue weighted by Crippen LogP contribution is -2.38. The number of anilines is 1. The number of halogens is 1. The van der Waals surface area contributed by atoms with Gasteiger partial charge in [-0.15, -0.1) is 0 Å². The molecule has 3 atom stereocenters. The fraction of sp³-hybridized carbons (Fsp3) is 0.381. The number of carbonyl (C=O) groups is 1. The van der Waals surface area contributed by atoms with Gasteiger partial charge >= 0.3 is 0 Å². The maximum atomic E-state index is 12.8. The molecule has 5 nitrogen and oxygen atoms in total. The van der Waals surface area contributed by atoms with Crippen LogP contribution < -0.4 is 9.62 Å². The molecule has 2 aromatic carbocycles. The molecule has 28 heavy (non-hydrogen) atoms. The number of nitrogens with zero attached hydrogens (tertiary/aromatic N) is 1. The number of hydrogen-bond donors (Lipinski definition) is 1. The Bertz CT molecular complexity index is 974. The van der Waals surface area contributed by atoms with E-state index >= 15 is 0 Å². The molecule has 2 aromatic rings. The molecule has 0 aliphatic heterocycles. The lowest BCUT2D eigenvalue weighted by atomic mass is 9.95. The van der Waals surface area contributed by atoms with Gasteiger partial charge in [0.05, 0.1) is 10.6 Å². The summed E-state index contributed by atoms with van der Waals surface area (Å²) >= 11 is 5.84. The minimum Gasteiger partial charge on any atom is -0.349 e. The van der Waals surface area contributed by atoms with Crippen LogP contribution in [0.4, 0.5) is 5.69 Å². The summed E-state index contributed by atoms with van der Waals surface area (Å²) < 4.78 is 26.7. The largest absolute Gasteiger partial charge is 0.349 e. The van der Waals surface area contributed by atoms with Gasteiger partial charge in [-0.05, 0) is 79.6 Å². The van der Waals surface area contributed by atoms with Crippen molar-refractivity contribution in [1.29, 1.82) is 0 Å². The van der Waals surface area contributed by atoms with Crippen LogP contribution in [-0.4, -0.2) is 27.4 Å². The van der Waals surface area contributed by atoms with Crippen molar-refractivity contribution in [2.75, 3.05) is 11.4 Å². The number of benzene rings is 2. The summed E-state index contributed by atoms with van der Waals surface area (Å²) in [6, 6.07) is 13.0. The minimum atomic E-state index is -3.69. The monoisotopic (exact) mass is 418 g/mol. The Morgan fingerprint density at radius 3 is 2.29 bits per heavy atom. The van der Waals surface area contributed by atoms with E-state index in [4.69, 9.17) is 11.6 Å². The molecule has 0 heterocycles. The van der Waals surface area contributed by atoms with Crippen LogP contribution in [0.2, 0.25) is 5.02 Å². The Kier molecular flexibility index (Phi) is 5.10. The van der Waals surface area contributed by atoms with Crippen molar-refractivity contribution in [2.24, 2.45) is 11.8 Å². The molecule has 2 saturated carbocycles. The van der Waals surface area contributed by atoms with Gasteiger partial charge < -0.3 is 5.32 Å². The third-order valence-corrected chi connectivity index (χ3v) is 8.07. The standard InChI is InChI=1S/C21H23ClN2O3S/c1-24(28(26,27)19-10-6-17(22)7-11-19)18-8-4-15(5-9-18)21(25)23-20-13-14-2-3-16(20)12-14/h4-11,14,16,20H,2-3,12-13H2,1H3,(H,23,25)/t14-,16-,20+/m0/s1. The van der Waals surface area contributed by atoms with E-state index in [2.05, 4.69) is 5.32 Å². The summed E-state index contributed by atoms with van der Waals surface area (Å²) in [7, 11) is -2.20. The smallest absolute Gasteiger partial charge is 0.264 e. The number of carbonyl (C=O) groups excluding carboxylic acids is 1. The third-order valence-electron chi connectivity index (χ3n) is 6.02. The number of amides is 1. The molecule has 2 aliphatic carbocycles. The zero-order valence-corrected chi connectivity index (χ0v) is 17.2. The second-order valence-electron chi connectivity index (χ2n) is 7.73. The van der Waals surface area contributed by atoms with E-state index in [1.165, 1.54) is 42.7 Å². The topological polar surface area (TPSA) is 66.5 Å². The summed E-state index contributed by atoms with van der Waals surface area (Å²) in [6.07, 6.45) is 4.82. The van der Waals surface area contributed by atoms with E-state index in [1.54, 1.807) is 36.4 Å². The number of rotatable bonds is 5. The molecule has 148 valence electrons. The van der Waals surface area contributed by atoms with E-state index < -0.39 is 10.0 Å². The number of sulfonamides is 1. The molecule has 2 aliphatic rings. The van der Waals surface area contributed by atoms with Crippen LogP contribution in [0.3, 0.4) is 0 Å². The van der Waals surface area contributed by atoms with Crippen molar-refractivity contribution < 1.29 is 13.2 Å². The number of nitrogens with one attached hydrogen (secondary N) is 1. The highest BCUT2D eigenvalue weighted by molar-refractivity contribution is 7.92. The second kappa shape index (κ2) is 7.41. The summed E-state index contributed by atoms with van der Waals surface area (Å²) in [6.45, 7) is 0. The highest BCUT2D eigenvalue weighted by Gasteiger charge is 2.40. The van der Waals surface area contributed by atoms with Crippen LogP contribution in [0.25, 0.3) is 0 Å². The Balaban J connectivity index is 1.46. The molecule has 2 fully saturated rings. The van der Waals surface area contributed by atoms with Crippen LogP contribution in [0.15, 0.2) is 53.4 Å². The van der Waals surface area contributed by atoms with Gasteiger partial charge in [0.25, 0.3) is 15.9 Å². The molecule has 4 rings (SSSR count). The van der Waals surface area contributed by atoms with Crippen LogP contribution in [0.1, 0.15) is 36.0 Å². The molecule has 0 spiro atoms. The molecule has 2 bridgehead atoms. The van der Waals surface area contributed by atoms with E-state index in [0.717, 1.165) is 12.3 Å². The fourth-order valence-electron chi connectivity index (χ4n) is 4.40. The summed E-state index contributed by atoms with van der Waals surface area (Å²) in [5.41, 5.74) is 1.04. The molecule has 1 amide bonds. The molecule has 0 saturated heterocycles. The Labute approximate surface area is 170 Å². The second-order valence-corrected chi connectivity index (χ2v) is 10.1. The van der Waals surface area contributed by atoms with Crippen molar-refractivity contribution >= 4 is 33.2 Å². The lowest BCUT2D eigenvalue weighted by Gasteiger charge is -2.23. The van der Waals surface area contributed by atoms with Gasteiger partial charge in [0.1, 0.15) is 0 Å². The average molecular weight is 419 g/mol. The van der Waals surface area contributed by atoms with E-state index in [-0.39, 0.29) is 16.8 Å². The maximum Gasteiger partial charge on any atom is 0.264 e. The molecular formula is C21H23ClN2O3S. The van der Waals surface area contributed by atoms with E-state index in [1.807, 2.05) is 0 Å². The van der Waals surface area contributed by atoms with Gasteiger partial charge in [0, 0.05) is 23.7 Å². The normalized spacial score (nSPS) is 23.6. The Morgan fingerprint density at radius 2 is 1.71 bits per heavy atom. The van der Waals surface area contributed by atoms with Gasteiger partial charge in [-0.2, -0.15) is 0 Å². The predicted octanol–water partition coefficient (Wildman–Crippen LogP) is 4.08. The Hall–Kier alpha value is -2.05. The lowest BCUT2D eigenvalue weighted by molar-refractivity contribution is 0.0923. The van der Waals surface area contributed by atoms with Crippen molar-refractivity contribution in [2.45, 2.75) is 36.6 Å². The van der Waals surface area contributed by atoms with Crippen LogP contribution >= 0.6 is 11.6 Å². The van der Waals surface area contributed by atoms with Crippen LogP contribution in [0.5, 0.6) is 0 Å². The molecule has 7 heteroatoms. The maximum absolute atomic E-state index is 12.8. The number of hydrogen-bond acceptors (Lipinski definition) is 3. The molecule has 1 N–H and O–H groups in total. The molecule has 0 aromatic heterocycles. The highest BCUT2D eigenvalue weighted by Crippen LogP contribution is 2.44. The minimum absolute atomic E-state index is 0.0905. The Morgan fingerprint density at radius 1 is 1.04 bits per heavy atom. The first kappa shape index (κ1) is 19.3. The first-order valence-electron chi connectivity index (χ1n) is 9.50. The average Bonchev–Trinajstić information content (AvgIpc) is 3.31. The van der Waals surface area contributed by atoms with E-state index in [9.17, 15) is 13.2 Å². The summed E-state index contributed by atoms with van der Waals surface area (Å²) in [4.78, 5) is 12.7. The molecular weight excluding hydrogens is 396 g/mol. The van der Waals surface area contributed by atoms with Crippen LogP contribution in [0, 0.1) is 11.8 Å². The molecule has 0 unspecified atom stereocenters.